The molecule has 1 fully saturated rings. The van der Waals surface area contributed by atoms with E-state index in [1.807, 2.05) is 19.2 Å². The second-order valence-electron chi connectivity index (χ2n) is 5.88. The van der Waals surface area contributed by atoms with Crippen molar-refractivity contribution < 1.29 is 9.53 Å². The fourth-order valence-electron chi connectivity index (χ4n) is 2.67. The Balaban J connectivity index is 1.73. The van der Waals surface area contributed by atoms with Crippen LogP contribution in [0.3, 0.4) is 0 Å². The van der Waals surface area contributed by atoms with Crippen LogP contribution in [0.4, 0.5) is 0 Å². The third-order valence-corrected chi connectivity index (χ3v) is 4.05. The van der Waals surface area contributed by atoms with Gasteiger partial charge in [-0.1, -0.05) is 25.0 Å². The monoisotopic (exact) mass is 290 g/mol. The predicted octanol–water partition coefficient (Wildman–Crippen LogP) is 2.27. The minimum Gasteiger partial charge on any atom is -0.484 e. The molecule has 21 heavy (non-hydrogen) atoms. The fraction of sp³-hybridized carbons (Fsp3) is 0.588. The Bertz CT molecular complexity index is 439. The second kappa shape index (κ2) is 8.03. The van der Waals surface area contributed by atoms with Gasteiger partial charge in [-0.05, 0) is 50.9 Å². The number of hydrogen-bond acceptors (Lipinski definition) is 3. The fourth-order valence-corrected chi connectivity index (χ4v) is 2.67. The Morgan fingerprint density at radius 3 is 2.57 bits per heavy atom. The molecular formula is C17H26N2O2. The first kappa shape index (κ1) is 15.8. The first-order valence-corrected chi connectivity index (χ1v) is 7.85. The first-order chi connectivity index (χ1) is 10.2. The minimum absolute atomic E-state index is 0.0187. The van der Waals surface area contributed by atoms with Crippen molar-refractivity contribution in [2.24, 2.45) is 0 Å². The summed E-state index contributed by atoms with van der Waals surface area (Å²) in [6.45, 7) is 2.25. The number of ether oxygens (including phenoxy) is 1. The molecule has 1 aromatic rings. The van der Waals surface area contributed by atoms with E-state index in [0.29, 0.717) is 12.1 Å². The van der Waals surface area contributed by atoms with E-state index in [4.69, 9.17) is 4.74 Å². The number of benzene rings is 1. The van der Waals surface area contributed by atoms with Crippen LogP contribution >= 0.6 is 0 Å². The summed E-state index contributed by atoms with van der Waals surface area (Å²) < 4.78 is 5.54. The molecule has 1 amide bonds. The number of likely N-dealkylation sites (N-methyl/N-ethyl adjacent to an activating group) is 1. The van der Waals surface area contributed by atoms with Crippen molar-refractivity contribution in [1.29, 1.82) is 0 Å². The van der Waals surface area contributed by atoms with E-state index in [9.17, 15) is 4.79 Å². The molecule has 0 bridgehead atoms. The van der Waals surface area contributed by atoms with E-state index >= 15 is 0 Å². The van der Waals surface area contributed by atoms with E-state index in [0.717, 1.165) is 25.0 Å². The van der Waals surface area contributed by atoms with Crippen LogP contribution in [-0.4, -0.2) is 31.6 Å². The molecule has 0 saturated heterocycles. The largest absolute Gasteiger partial charge is 0.484 e. The van der Waals surface area contributed by atoms with Crippen molar-refractivity contribution in [2.45, 2.75) is 51.1 Å². The van der Waals surface area contributed by atoms with E-state index in [2.05, 4.69) is 29.7 Å². The molecule has 116 valence electrons. The van der Waals surface area contributed by atoms with Crippen LogP contribution < -0.4 is 15.4 Å². The highest BCUT2D eigenvalue weighted by Crippen LogP contribution is 2.17. The van der Waals surface area contributed by atoms with Crippen LogP contribution in [0, 0.1) is 0 Å². The molecule has 1 aromatic carbocycles. The van der Waals surface area contributed by atoms with E-state index in [1.165, 1.54) is 18.4 Å². The highest BCUT2D eigenvalue weighted by atomic mass is 16.5. The lowest BCUT2D eigenvalue weighted by Crippen LogP contribution is -2.36. The topological polar surface area (TPSA) is 50.4 Å². The van der Waals surface area contributed by atoms with Gasteiger partial charge in [0, 0.05) is 12.1 Å². The Hall–Kier alpha value is -1.55. The maximum Gasteiger partial charge on any atom is 0.258 e. The van der Waals surface area contributed by atoms with Crippen molar-refractivity contribution in [3.8, 4) is 5.75 Å². The Morgan fingerprint density at radius 1 is 1.29 bits per heavy atom. The maximum absolute atomic E-state index is 11.8. The summed E-state index contributed by atoms with van der Waals surface area (Å²) in [6, 6.07) is 8.78. The average molecular weight is 290 g/mol. The van der Waals surface area contributed by atoms with Gasteiger partial charge < -0.3 is 15.4 Å². The van der Waals surface area contributed by atoms with Crippen LogP contribution in [0.25, 0.3) is 0 Å². The lowest BCUT2D eigenvalue weighted by atomic mass is 10.1. The maximum atomic E-state index is 11.8. The molecule has 1 atom stereocenters. The van der Waals surface area contributed by atoms with Gasteiger partial charge in [0.25, 0.3) is 5.91 Å². The number of nitrogens with one attached hydrogen (secondary N) is 2. The van der Waals surface area contributed by atoms with E-state index in [1.54, 1.807) is 0 Å². The quantitative estimate of drug-likeness (QED) is 0.810. The van der Waals surface area contributed by atoms with E-state index in [-0.39, 0.29) is 12.5 Å². The highest BCUT2D eigenvalue weighted by molar-refractivity contribution is 5.77. The van der Waals surface area contributed by atoms with Gasteiger partial charge in [-0.3, -0.25) is 4.79 Å². The van der Waals surface area contributed by atoms with Gasteiger partial charge >= 0.3 is 0 Å². The van der Waals surface area contributed by atoms with Crippen molar-refractivity contribution in [2.75, 3.05) is 13.7 Å². The SMILES string of the molecule is CNC(C)Cc1ccc(OCC(=O)NC2CCCC2)cc1. The van der Waals surface area contributed by atoms with Crippen LogP contribution in [-0.2, 0) is 11.2 Å². The van der Waals surface area contributed by atoms with Gasteiger partial charge in [-0.2, -0.15) is 0 Å². The van der Waals surface area contributed by atoms with Gasteiger partial charge in [-0.25, -0.2) is 0 Å². The van der Waals surface area contributed by atoms with Gasteiger partial charge in [0.1, 0.15) is 5.75 Å². The normalized spacial score (nSPS) is 16.7. The average Bonchev–Trinajstić information content (AvgIpc) is 2.99. The molecular weight excluding hydrogens is 264 g/mol. The number of amides is 1. The zero-order valence-corrected chi connectivity index (χ0v) is 13.0. The molecule has 0 aromatic heterocycles. The Kier molecular flexibility index (Phi) is 6.05. The lowest BCUT2D eigenvalue weighted by molar-refractivity contribution is -0.123. The van der Waals surface area contributed by atoms with Gasteiger partial charge in [0.2, 0.25) is 0 Å². The molecule has 0 radical (unpaired) electrons. The van der Waals surface area contributed by atoms with Crippen molar-refractivity contribution >= 4 is 5.91 Å². The van der Waals surface area contributed by atoms with Crippen LogP contribution in [0.1, 0.15) is 38.2 Å². The molecule has 4 nitrogen and oxygen atoms in total. The molecule has 0 spiro atoms. The molecule has 1 saturated carbocycles. The number of hydrogen-bond donors (Lipinski definition) is 2. The summed E-state index contributed by atoms with van der Waals surface area (Å²) in [4.78, 5) is 11.8. The summed E-state index contributed by atoms with van der Waals surface area (Å²) in [6.07, 6.45) is 5.63. The summed E-state index contributed by atoms with van der Waals surface area (Å²) in [5.74, 6) is 0.729. The summed E-state index contributed by atoms with van der Waals surface area (Å²) in [7, 11) is 1.96. The predicted molar refractivity (Wildman–Crippen MR) is 84.6 cm³/mol. The molecule has 2 rings (SSSR count). The zero-order chi connectivity index (χ0) is 15.1. The van der Waals surface area contributed by atoms with Gasteiger partial charge in [0.15, 0.2) is 6.61 Å². The smallest absolute Gasteiger partial charge is 0.258 e. The summed E-state index contributed by atoms with van der Waals surface area (Å²) in [5.41, 5.74) is 1.26. The molecule has 1 aliphatic rings. The third kappa shape index (κ3) is 5.38. The van der Waals surface area contributed by atoms with Gasteiger partial charge in [0.05, 0.1) is 0 Å². The number of carbonyl (C=O) groups excluding carboxylic acids is 1. The molecule has 0 heterocycles. The number of rotatable bonds is 7. The highest BCUT2D eigenvalue weighted by Gasteiger charge is 2.17. The molecule has 0 aliphatic heterocycles. The third-order valence-electron chi connectivity index (χ3n) is 4.05. The van der Waals surface area contributed by atoms with Gasteiger partial charge in [-0.15, -0.1) is 0 Å². The Morgan fingerprint density at radius 2 is 1.95 bits per heavy atom. The lowest BCUT2D eigenvalue weighted by Gasteiger charge is -2.13. The molecule has 2 N–H and O–H groups in total. The molecule has 1 unspecified atom stereocenters. The minimum atomic E-state index is -0.0187. The molecule has 4 heteroatoms. The van der Waals surface area contributed by atoms with E-state index < -0.39 is 0 Å². The van der Waals surface area contributed by atoms with Crippen molar-refractivity contribution in [3.63, 3.8) is 0 Å². The first-order valence-electron chi connectivity index (χ1n) is 7.85. The van der Waals surface area contributed by atoms with Crippen LogP contribution in [0.2, 0.25) is 0 Å². The Labute approximate surface area is 127 Å². The van der Waals surface area contributed by atoms with Crippen LogP contribution in [0.5, 0.6) is 5.75 Å². The number of carbonyl (C=O) groups is 1. The second-order valence-corrected chi connectivity index (χ2v) is 5.88. The summed E-state index contributed by atoms with van der Waals surface area (Å²) >= 11 is 0. The zero-order valence-electron chi connectivity index (χ0n) is 13.0. The van der Waals surface area contributed by atoms with Crippen molar-refractivity contribution in [3.05, 3.63) is 29.8 Å². The van der Waals surface area contributed by atoms with Crippen LogP contribution in [0.15, 0.2) is 24.3 Å². The molecule has 1 aliphatic carbocycles. The van der Waals surface area contributed by atoms with Crippen molar-refractivity contribution in [1.82, 2.24) is 10.6 Å². The standard InChI is InChI=1S/C17H26N2O2/c1-13(18-2)11-14-7-9-16(10-8-14)21-12-17(20)19-15-5-3-4-6-15/h7-10,13,15,18H,3-6,11-12H2,1-2H3,(H,19,20). The summed E-state index contributed by atoms with van der Waals surface area (Å²) in [5, 5.41) is 6.24.